The molecule has 10 heavy (non-hydrogen) atoms. The van der Waals surface area contributed by atoms with Gasteiger partial charge in [0.2, 0.25) is 0 Å². The highest BCUT2D eigenvalue weighted by molar-refractivity contribution is 4.82. The molecule has 0 aliphatic carbocycles. The van der Waals surface area contributed by atoms with Crippen molar-refractivity contribution in [2.45, 2.75) is 32.7 Å². The molecule has 2 heteroatoms. The lowest BCUT2D eigenvalue weighted by Crippen LogP contribution is -2.44. The van der Waals surface area contributed by atoms with Crippen LogP contribution in [0, 0.1) is 5.41 Å². The summed E-state index contributed by atoms with van der Waals surface area (Å²) in [7, 11) is 0. The number of aliphatic hydroxyl groups is 1. The fraction of sp³-hybridized carbons (Fsp3) is 1.00. The van der Waals surface area contributed by atoms with Gasteiger partial charge in [0.15, 0.2) is 0 Å². The van der Waals surface area contributed by atoms with E-state index in [1.54, 1.807) is 0 Å². The number of nitrogens with one attached hydrogen (secondary N) is 1. The van der Waals surface area contributed by atoms with Crippen LogP contribution < -0.4 is 5.32 Å². The van der Waals surface area contributed by atoms with Gasteiger partial charge in [0, 0.05) is 12.6 Å². The first kappa shape index (κ1) is 8.02. The molecule has 0 bridgehead atoms. The molecule has 2 N–H and O–H groups in total. The Bertz CT molecular complexity index is 102. The summed E-state index contributed by atoms with van der Waals surface area (Å²) in [4.78, 5) is 0. The zero-order chi connectivity index (χ0) is 7.61. The van der Waals surface area contributed by atoms with Crippen LogP contribution in [0.2, 0.25) is 0 Å². The molecule has 1 aliphatic rings. The van der Waals surface area contributed by atoms with E-state index in [4.69, 9.17) is 5.11 Å². The Hall–Kier alpha value is -0.0800. The normalized spacial score (nSPS) is 32.1. The quantitative estimate of drug-likeness (QED) is 0.568. The third-order valence-electron chi connectivity index (χ3n) is 2.26. The molecule has 0 aromatic rings. The Morgan fingerprint density at radius 1 is 1.60 bits per heavy atom. The summed E-state index contributed by atoms with van der Waals surface area (Å²) in [5.41, 5.74) is 0.436. The molecule has 0 aromatic heterocycles. The van der Waals surface area contributed by atoms with Crippen molar-refractivity contribution in [1.29, 1.82) is 0 Å². The van der Waals surface area contributed by atoms with Crippen molar-refractivity contribution in [2.24, 2.45) is 5.41 Å². The van der Waals surface area contributed by atoms with Gasteiger partial charge in [-0.05, 0) is 18.3 Å². The highest BCUT2D eigenvalue weighted by Crippen LogP contribution is 2.25. The first-order valence-electron chi connectivity index (χ1n) is 3.98. The van der Waals surface area contributed by atoms with Gasteiger partial charge in [-0.2, -0.15) is 0 Å². The predicted octanol–water partition coefficient (Wildman–Crippen LogP) is 0.757. The molecule has 0 radical (unpaired) electrons. The van der Waals surface area contributed by atoms with Gasteiger partial charge >= 0.3 is 0 Å². The smallest absolute Gasteiger partial charge is 0.0584 e. The van der Waals surface area contributed by atoms with Gasteiger partial charge in [-0.15, -0.1) is 0 Å². The molecule has 1 saturated heterocycles. The van der Waals surface area contributed by atoms with Crippen molar-refractivity contribution in [1.82, 2.24) is 5.32 Å². The van der Waals surface area contributed by atoms with Crippen molar-refractivity contribution in [2.75, 3.05) is 13.2 Å². The number of piperidine rings is 1. The van der Waals surface area contributed by atoms with E-state index in [0.29, 0.717) is 11.5 Å². The van der Waals surface area contributed by atoms with Crippen molar-refractivity contribution >= 4 is 0 Å². The summed E-state index contributed by atoms with van der Waals surface area (Å²) in [5.74, 6) is 0. The van der Waals surface area contributed by atoms with Crippen LogP contribution in [0.25, 0.3) is 0 Å². The molecule has 0 amide bonds. The van der Waals surface area contributed by atoms with Gasteiger partial charge in [0.1, 0.15) is 0 Å². The lowest BCUT2D eigenvalue weighted by molar-refractivity contribution is 0.163. The number of rotatable bonds is 1. The number of hydrogen-bond acceptors (Lipinski definition) is 2. The monoisotopic (exact) mass is 143 g/mol. The van der Waals surface area contributed by atoms with Gasteiger partial charge in [-0.25, -0.2) is 0 Å². The molecule has 1 aliphatic heterocycles. The summed E-state index contributed by atoms with van der Waals surface area (Å²) < 4.78 is 0. The average molecular weight is 143 g/mol. The zero-order valence-corrected chi connectivity index (χ0v) is 6.85. The molecule has 1 heterocycles. The van der Waals surface area contributed by atoms with Crippen molar-refractivity contribution in [3.8, 4) is 0 Å². The van der Waals surface area contributed by atoms with Gasteiger partial charge in [0.05, 0.1) is 6.61 Å². The van der Waals surface area contributed by atoms with E-state index in [9.17, 15) is 0 Å². The SMILES string of the molecule is CC1(C)CCC(CO)NC1. The molecule has 2 nitrogen and oxygen atoms in total. The van der Waals surface area contributed by atoms with Crippen LogP contribution >= 0.6 is 0 Å². The minimum absolute atomic E-state index is 0.288. The Kier molecular flexibility index (Phi) is 2.32. The molecule has 1 fully saturated rings. The molecule has 1 atom stereocenters. The molecule has 1 rings (SSSR count). The zero-order valence-electron chi connectivity index (χ0n) is 6.85. The molecule has 0 spiro atoms. The van der Waals surface area contributed by atoms with Crippen LogP contribution in [-0.4, -0.2) is 24.3 Å². The minimum atomic E-state index is 0.288. The topological polar surface area (TPSA) is 32.3 Å². The third-order valence-corrected chi connectivity index (χ3v) is 2.26. The van der Waals surface area contributed by atoms with E-state index < -0.39 is 0 Å². The van der Waals surface area contributed by atoms with Crippen molar-refractivity contribution < 1.29 is 5.11 Å². The molecule has 0 saturated carbocycles. The van der Waals surface area contributed by atoms with Gasteiger partial charge < -0.3 is 10.4 Å². The van der Waals surface area contributed by atoms with Crippen LogP contribution in [0.4, 0.5) is 0 Å². The molecule has 0 aromatic carbocycles. The minimum Gasteiger partial charge on any atom is -0.395 e. The van der Waals surface area contributed by atoms with Crippen LogP contribution in [0.3, 0.4) is 0 Å². The standard InChI is InChI=1S/C8H17NO/c1-8(2)4-3-7(5-10)9-6-8/h7,9-10H,3-6H2,1-2H3. The molecular formula is C8H17NO. The predicted molar refractivity (Wildman–Crippen MR) is 41.9 cm³/mol. The Morgan fingerprint density at radius 3 is 2.70 bits per heavy atom. The fourth-order valence-corrected chi connectivity index (χ4v) is 1.33. The Labute approximate surface area is 62.6 Å². The largest absolute Gasteiger partial charge is 0.395 e. The highest BCUT2D eigenvalue weighted by atomic mass is 16.3. The summed E-state index contributed by atoms with van der Waals surface area (Å²) in [5, 5.41) is 12.1. The van der Waals surface area contributed by atoms with Crippen LogP contribution in [-0.2, 0) is 0 Å². The van der Waals surface area contributed by atoms with Crippen molar-refractivity contribution in [3.63, 3.8) is 0 Å². The number of aliphatic hydroxyl groups excluding tert-OH is 1. The van der Waals surface area contributed by atoms with E-state index in [1.165, 1.54) is 6.42 Å². The third kappa shape index (κ3) is 1.96. The second kappa shape index (κ2) is 2.89. The lowest BCUT2D eigenvalue weighted by atomic mass is 9.83. The van der Waals surface area contributed by atoms with E-state index in [0.717, 1.165) is 13.0 Å². The first-order valence-corrected chi connectivity index (χ1v) is 3.98. The Balaban J connectivity index is 2.31. The average Bonchev–Trinajstić information content (AvgIpc) is 1.88. The summed E-state index contributed by atoms with van der Waals surface area (Å²) in [6, 6.07) is 0.355. The maximum absolute atomic E-state index is 8.80. The summed E-state index contributed by atoms with van der Waals surface area (Å²) in [6.07, 6.45) is 2.34. The second-order valence-corrected chi connectivity index (χ2v) is 3.96. The van der Waals surface area contributed by atoms with Crippen LogP contribution in [0.5, 0.6) is 0 Å². The van der Waals surface area contributed by atoms with E-state index in [2.05, 4.69) is 19.2 Å². The second-order valence-electron chi connectivity index (χ2n) is 3.96. The maximum Gasteiger partial charge on any atom is 0.0584 e. The number of hydrogen-bond donors (Lipinski definition) is 2. The van der Waals surface area contributed by atoms with E-state index in [1.807, 2.05) is 0 Å². The van der Waals surface area contributed by atoms with Gasteiger partial charge in [-0.3, -0.25) is 0 Å². The summed E-state index contributed by atoms with van der Waals surface area (Å²) >= 11 is 0. The van der Waals surface area contributed by atoms with E-state index >= 15 is 0 Å². The molecule has 1 unspecified atom stereocenters. The maximum atomic E-state index is 8.80. The molecule has 60 valence electrons. The summed E-state index contributed by atoms with van der Waals surface area (Å²) in [6.45, 7) is 5.84. The first-order chi connectivity index (χ1) is 4.64. The fourth-order valence-electron chi connectivity index (χ4n) is 1.33. The Morgan fingerprint density at radius 2 is 2.30 bits per heavy atom. The molecular weight excluding hydrogens is 126 g/mol. The van der Waals surface area contributed by atoms with E-state index in [-0.39, 0.29) is 6.61 Å². The van der Waals surface area contributed by atoms with Crippen LogP contribution in [0.15, 0.2) is 0 Å². The van der Waals surface area contributed by atoms with Crippen LogP contribution in [0.1, 0.15) is 26.7 Å². The van der Waals surface area contributed by atoms with Gasteiger partial charge in [0.25, 0.3) is 0 Å². The highest BCUT2D eigenvalue weighted by Gasteiger charge is 2.25. The van der Waals surface area contributed by atoms with Gasteiger partial charge in [-0.1, -0.05) is 13.8 Å². The lowest BCUT2D eigenvalue weighted by Gasteiger charge is -2.34. The van der Waals surface area contributed by atoms with Crippen molar-refractivity contribution in [3.05, 3.63) is 0 Å².